The number of carbonyl (C=O) groups is 2. The molecule has 2 N–H and O–H groups in total. The van der Waals surface area contributed by atoms with Gasteiger partial charge in [-0.3, -0.25) is 4.90 Å². The van der Waals surface area contributed by atoms with Crippen LogP contribution in [0.3, 0.4) is 0 Å². The third-order valence-electron chi connectivity index (χ3n) is 3.25. The van der Waals surface area contributed by atoms with Gasteiger partial charge < -0.3 is 10.4 Å². The van der Waals surface area contributed by atoms with E-state index in [9.17, 15) is 14.7 Å². The Morgan fingerprint density at radius 1 is 1.48 bits per heavy atom. The number of rotatable bonds is 3. The zero-order chi connectivity index (χ0) is 15.6. The summed E-state index contributed by atoms with van der Waals surface area (Å²) in [7, 11) is 0. The Hall–Kier alpha value is -1.21. The molecule has 0 aromatic heterocycles. The highest BCUT2D eigenvalue weighted by Crippen LogP contribution is 2.32. The van der Waals surface area contributed by atoms with Gasteiger partial charge in [-0.05, 0) is 37.1 Å². The van der Waals surface area contributed by atoms with Gasteiger partial charge >= 0.3 is 12.0 Å². The molecule has 5 nitrogen and oxygen atoms in total. The molecule has 0 saturated carbocycles. The number of urea groups is 1. The van der Waals surface area contributed by atoms with E-state index in [-0.39, 0.29) is 11.4 Å². The third-order valence-corrected chi connectivity index (χ3v) is 5.17. The van der Waals surface area contributed by atoms with Crippen molar-refractivity contribution in [3.63, 3.8) is 0 Å². The summed E-state index contributed by atoms with van der Waals surface area (Å²) >= 11 is 4.89. The summed E-state index contributed by atoms with van der Waals surface area (Å²) in [5, 5.41) is 12.0. The Kier molecular flexibility index (Phi) is 5.16. The second-order valence-electron chi connectivity index (χ2n) is 4.90. The van der Waals surface area contributed by atoms with Crippen LogP contribution in [0.2, 0.25) is 0 Å². The standard InChI is InChI=1S/C14H17BrN2O3S/c1-3-12-17(11(7-21-12)13(18)19)14(20)16-10-5-8(2)4-9(15)6-10/h4-6,11-12H,3,7H2,1-2H3,(H,16,20)(H,18,19). The van der Waals surface area contributed by atoms with E-state index in [4.69, 9.17) is 0 Å². The van der Waals surface area contributed by atoms with Gasteiger partial charge in [-0.25, -0.2) is 9.59 Å². The smallest absolute Gasteiger partial charge is 0.327 e. The van der Waals surface area contributed by atoms with Gasteiger partial charge in [0.05, 0.1) is 5.37 Å². The molecule has 1 aliphatic heterocycles. The highest BCUT2D eigenvalue weighted by Gasteiger charge is 2.40. The summed E-state index contributed by atoms with van der Waals surface area (Å²) in [4.78, 5) is 25.2. The van der Waals surface area contributed by atoms with Crippen LogP contribution < -0.4 is 5.32 Å². The average Bonchev–Trinajstić information content (AvgIpc) is 2.81. The molecule has 2 unspecified atom stereocenters. The highest BCUT2D eigenvalue weighted by molar-refractivity contribution is 9.10. The summed E-state index contributed by atoms with van der Waals surface area (Å²) in [6.07, 6.45) is 0.722. The number of benzene rings is 1. The Morgan fingerprint density at radius 2 is 2.19 bits per heavy atom. The maximum Gasteiger partial charge on any atom is 0.327 e. The summed E-state index contributed by atoms with van der Waals surface area (Å²) < 4.78 is 0.871. The van der Waals surface area contributed by atoms with Gasteiger partial charge in [0.15, 0.2) is 0 Å². The molecule has 114 valence electrons. The maximum atomic E-state index is 12.4. The fraction of sp³-hybridized carbons (Fsp3) is 0.429. The quantitative estimate of drug-likeness (QED) is 0.851. The number of nitrogens with zero attached hydrogens (tertiary/aromatic N) is 1. The maximum absolute atomic E-state index is 12.4. The zero-order valence-corrected chi connectivity index (χ0v) is 14.2. The molecule has 2 atom stereocenters. The minimum Gasteiger partial charge on any atom is -0.480 e. The van der Waals surface area contributed by atoms with Gasteiger partial charge in [0, 0.05) is 15.9 Å². The lowest BCUT2D eigenvalue weighted by Gasteiger charge is -2.26. The molecular weight excluding hydrogens is 356 g/mol. The number of amides is 2. The van der Waals surface area contributed by atoms with Crippen LogP contribution in [0.25, 0.3) is 0 Å². The van der Waals surface area contributed by atoms with Crippen LogP contribution in [-0.4, -0.2) is 39.2 Å². The molecule has 2 amide bonds. The molecule has 1 aliphatic rings. The lowest BCUT2D eigenvalue weighted by atomic mass is 10.2. The summed E-state index contributed by atoms with van der Waals surface area (Å²) in [5.74, 6) is -0.530. The lowest BCUT2D eigenvalue weighted by Crippen LogP contribution is -2.47. The van der Waals surface area contributed by atoms with Gasteiger partial charge in [0.2, 0.25) is 0 Å². The number of thioether (sulfide) groups is 1. The topological polar surface area (TPSA) is 69.6 Å². The number of hydrogen-bond donors (Lipinski definition) is 2. The number of aliphatic carboxylic acids is 1. The van der Waals surface area contributed by atoms with Crippen molar-refractivity contribution < 1.29 is 14.7 Å². The van der Waals surface area contributed by atoms with Gasteiger partial charge in [0.1, 0.15) is 6.04 Å². The second-order valence-corrected chi connectivity index (χ2v) is 7.03. The second kappa shape index (κ2) is 6.70. The minimum absolute atomic E-state index is 0.0978. The van der Waals surface area contributed by atoms with Crippen LogP contribution in [0.1, 0.15) is 18.9 Å². The van der Waals surface area contributed by atoms with E-state index >= 15 is 0 Å². The molecule has 1 saturated heterocycles. The van der Waals surface area contributed by atoms with Crippen LogP contribution >= 0.6 is 27.7 Å². The largest absolute Gasteiger partial charge is 0.480 e. The number of carboxylic acid groups (broad SMARTS) is 1. The SMILES string of the molecule is CCC1SCC(C(=O)O)N1C(=O)Nc1cc(C)cc(Br)c1. The highest BCUT2D eigenvalue weighted by atomic mass is 79.9. The Morgan fingerprint density at radius 3 is 2.76 bits per heavy atom. The van der Waals surface area contributed by atoms with E-state index in [0.717, 1.165) is 16.5 Å². The third kappa shape index (κ3) is 3.71. The first kappa shape index (κ1) is 16.2. The molecule has 0 spiro atoms. The molecule has 1 heterocycles. The van der Waals surface area contributed by atoms with E-state index < -0.39 is 12.0 Å². The van der Waals surface area contributed by atoms with Crippen molar-refractivity contribution in [2.75, 3.05) is 11.1 Å². The molecular formula is C14H17BrN2O3S. The average molecular weight is 373 g/mol. The lowest BCUT2D eigenvalue weighted by molar-refractivity contribution is -0.141. The molecule has 2 rings (SSSR count). The van der Waals surface area contributed by atoms with Crippen molar-refractivity contribution in [2.24, 2.45) is 0 Å². The van der Waals surface area contributed by atoms with Crippen LogP contribution in [0.5, 0.6) is 0 Å². The van der Waals surface area contributed by atoms with Crippen molar-refractivity contribution in [1.29, 1.82) is 0 Å². The van der Waals surface area contributed by atoms with Crippen molar-refractivity contribution in [2.45, 2.75) is 31.7 Å². The number of hydrogen-bond acceptors (Lipinski definition) is 3. The van der Waals surface area contributed by atoms with E-state index in [1.54, 1.807) is 6.07 Å². The van der Waals surface area contributed by atoms with Crippen molar-refractivity contribution >= 4 is 45.4 Å². The Labute approximate surface area is 136 Å². The fourth-order valence-corrected chi connectivity index (χ4v) is 4.29. The predicted molar refractivity (Wildman–Crippen MR) is 87.7 cm³/mol. The molecule has 21 heavy (non-hydrogen) atoms. The summed E-state index contributed by atoms with van der Waals surface area (Å²) in [6, 6.07) is 4.45. The van der Waals surface area contributed by atoms with Crippen molar-refractivity contribution in [3.05, 3.63) is 28.2 Å². The number of nitrogens with one attached hydrogen (secondary N) is 1. The number of aryl methyl sites for hydroxylation is 1. The first-order chi connectivity index (χ1) is 9.92. The Bertz CT molecular complexity index is 547. The number of carboxylic acids is 1. The fourth-order valence-electron chi connectivity index (χ4n) is 2.34. The van der Waals surface area contributed by atoms with Crippen LogP contribution in [-0.2, 0) is 4.79 Å². The van der Waals surface area contributed by atoms with Crippen LogP contribution in [0.15, 0.2) is 22.7 Å². The molecule has 1 aromatic rings. The Balaban J connectivity index is 2.18. The molecule has 1 aromatic carbocycles. The van der Waals surface area contributed by atoms with Gasteiger partial charge in [-0.2, -0.15) is 0 Å². The molecule has 0 bridgehead atoms. The van der Waals surface area contributed by atoms with Crippen LogP contribution in [0, 0.1) is 6.92 Å². The monoisotopic (exact) mass is 372 g/mol. The number of carbonyl (C=O) groups excluding carboxylic acids is 1. The summed E-state index contributed by atoms with van der Waals surface area (Å²) in [5.41, 5.74) is 1.67. The van der Waals surface area contributed by atoms with E-state index in [1.165, 1.54) is 16.7 Å². The number of halogens is 1. The van der Waals surface area contributed by atoms with Gasteiger partial charge in [-0.1, -0.05) is 22.9 Å². The van der Waals surface area contributed by atoms with E-state index in [0.29, 0.717) is 11.4 Å². The van der Waals surface area contributed by atoms with E-state index in [2.05, 4.69) is 21.2 Å². The van der Waals surface area contributed by atoms with E-state index in [1.807, 2.05) is 26.0 Å². The van der Waals surface area contributed by atoms with Gasteiger partial charge in [-0.15, -0.1) is 11.8 Å². The van der Waals surface area contributed by atoms with Crippen molar-refractivity contribution in [3.8, 4) is 0 Å². The van der Waals surface area contributed by atoms with Crippen molar-refractivity contribution in [1.82, 2.24) is 4.90 Å². The first-order valence-corrected chi connectivity index (χ1v) is 8.47. The van der Waals surface area contributed by atoms with Crippen LogP contribution in [0.4, 0.5) is 10.5 Å². The molecule has 0 aliphatic carbocycles. The normalized spacial score (nSPS) is 21.4. The summed E-state index contributed by atoms with van der Waals surface area (Å²) in [6.45, 7) is 3.88. The zero-order valence-electron chi connectivity index (χ0n) is 11.8. The minimum atomic E-state index is -0.959. The van der Waals surface area contributed by atoms with Gasteiger partial charge in [0.25, 0.3) is 0 Å². The predicted octanol–water partition coefficient (Wildman–Crippen LogP) is 3.53. The molecule has 1 fully saturated rings. The number of anilines is 1. The first-order valence-electron chi connectivity index (χ1n) is 6.63. The molecule has 7 heteroatoms. The molecule has 0 radical (unpaired) electrons.